The molecule has 6 heteroatoms. The van der Waals surface area contributed by atoms with Gasteiger partial charge in [-0.05, 0) is 58.2 Å². The van der Waals surface area contributed by atoms with Gasteiger partial charge in [-0.2, -0.15) is 0 Å². The highest BCUT2D eigenvalue weighted by atomic mass is 15.3. The summed E-state index contributed by atoms with van der Waals surface area (Å²) in [6.07, 6.45) is 11.3. The molecule has 0 radical (unpaired) electrons. The summed E-state index contributed by atoms with van der Waals surface area (Å²) in [4.78, 5) is 10.1. The van der Waals surface area contributed by atoms with Crippen molar-refractivity contribution in [2.75, 3.05) is 19.6 Å². The summed E-state index contributed by atoms with van der Waals surface area (Å²) < 4.78 is 0. The Morgan fingerprint density at radius 3 is 1.62 bits per heavy atom. The molecular formula is C18H32N6. The van der Waals surface area contributed by atoms with Crippen LogP contribution in [0.15, 0.2) is 9.98 Å². The summed E-state index contributed by atoms with van der Waals surface area (Å²) in [5, 5.41) is 14.6. The van der Waals surface area contributed by atoms with Gasteiger partial charge in [-0.1, -0.05) is 19.3 Å². The first-order valence-electron chi connectivity index (χ1n) is 10.0. The van der Waals surface area contributed by atoms with Crippen LogP contribution in [0.4, 0.5) is 0 Å². The van der Waals surface area contributed by atoms with Gasteiger partial charge in [0.15, 0.2) is 6.17 Å². The van der Waals surface area contributed by atoms with E-state index in [-0.39, 0.29) is 6.17 Å². The van der Waals surface area contributed by atoms with E-state index in [1.54, 1.807) is 0 Å². The molecule has 0 bridgehead atoms. The van der Waals surface area contributed by atoms with Crippen LogP contribution in [0, 0.1) is 0 Å². The van der Waals surface area contributed by atoms with Crippen molar-refractivity contribution < 1.29 is 0 Å². The normalized spacial score (nSPS) is 38.0. The van der Waals surface area contributed by atoms with Gasteiger partial charge in [0.1, 0.15) is 11.7 Å². The molecule has 0 aromatic carbocycles. The molecule has 6 nitrogen and oxygen atoms in total. The molecule has 4 N–H and O–H groups in total. The predicted octanol–water partition coefficient (Wildman–Crippen LogP) is 1.14. The number of hydrogen-bond acceptors (Lipinski definition) is 6. The molecule has 134 valence electrons. The van der Waals surface area contributed by atoms with Crippen molar-refractivity contribution in [2.45, 2.75) is 82.1 Å². The molecule has 0 aliphatic carbocycles. The Bertz CT molecular complexity index is 436. The lowest BCUT2D eigenvalue weighted by Crippen LogP contribution is -2.58. The van der Waals surface area contributed by atoms with E-state index in [0.717, 1.165) is 31.3 Å². The monoisotopic (exact) mass is 332 g/mol. The van der Waals surface area contributed by atoms with Crippen LogP contribution in [0.5, 0.6) is 0 Å². The maximum atomic E-state index is 5.04. The maximum Gasteiger partial charge on any atom is 0.158 e. The van der Waals surface area contributed by atoms with Crippen molar-refractivity contribution in [1.29, 1.82) is 0 Å². The van der Waals surface area contributed by atoms with Crippen LogP contribution in [-0.4, -0.2) is 55.6 Å². The fraction of sp³-hybridized carbons (Fsp3) is 0.889. The predicted molar refractivity (Wildman–Crippen MR) is 98.7 cm³/mol. The number of hydrogen-bond donors (Lipinski definition) is 4. The van der Waals surface area contributed by atoms with E-state index in [0.29, 0.717) is 18.1 Å². The molecule has 0 aromatic heterocycles. The van der Waals surface area contributed by atoms with Gasteiger partial charge in [-0.15, -0.1) is 0 Å². The van der Waals surface area contributed by atoms with Crippen LogP contribution in [0.1, 0.15) is 57.8 Å². The minimum absolute atomic E-state index is 0.0454. The van der Waals surface area contributed by atoms with Gasteiger partial charge in [0.05, 0.1) is 12.1 Å². The molecule has 3 unspecified atom stereocenters. The highest BCUT2D eigenvalue weighted by Crippen LogP contribution is 2.20. The molecule has 24 heavy (non-hydrogen) atoms. The molecule has 0 aromatic rings. The van der Waals surface area contributed by atoms with Crippen molar-refractivity contribution in [2.24, 2.45) is 9.98 Å². The van der Waals surface area contributed by atoms with Gasteiger partial charge < -0.3 is 21.3 Å². The standard InChI is InChI=1S/C18H32N6/c1-4-10-19-13(7-1)16-22-17(14-8-2-5-11-20-14)24-18(23-16)15-9-3-6-12-21-15/h13-16,19-21H,1-12H2,(H,22,23,24). The van der Waals surface area contributed by atoms with Crippen molar-refractivity contribution in [1.82, 2.24) is 21.3 Å². The third-order valence-electron chi connectivity index (χ3n) is 5.79. The Morgan fingerprint density at radius 2 is 1.17 bits per heavy atom. The van der Waals surface area contributed by atoms with Gasteiger partial charge >= 0.3 is 0 Å². The van der Waals surface area contributed by atoms with Gasteiger partial charge in [0.2, 0.25) is 0 Å². The first-order valence-corrected chi connectivity index (χ1v) is 10.0. The van der Waals surface area contributed by atoms with Crippen LogP contribution in [0.3, 0.4) is 0 Å². The van der Waals surface area contributed by atoms with E-state index in [4.69, 9.17) is 9.98 Å². The summed E-state index contributed by atoms with van der Waals surface area (Å²) in [7, 11) is 0. The lowest BCUT2D eigenvalue weighted by Gasteiger charge is -2.36. The summed E-state index contributed by atoms with van der Waals surface area (Å²) in [6.45, 7) is 3.31. The second-order valence-corrected chi connectivity index (χ2v) is 7.63. The number of aliphatic imine (C=N–C) groups is 2. The summed E-state index contributed by atoms with van der Waals surface area (Å²) in [5.41, 5.74) is 0. The SMILES string of the molecule is C1CCC(C2=NC(C3CCCCN3)N=C(C3CCCCN3)N2)NC1. The molecule has 3 fully saturated rings. The van der Waals surface area contributed by atoms with E-state index >= 15 is 0 Å². The van der Waals surface area contributed by atoms with E-state index in [9.17, 15) is 0 Å². The summed E-state index contributed by atoms with van der Waals surface area (Å²) in [5.74, 6) is 2.26. The van der Waals surface area contributed by atoms with Crippen LogP contribution >= 0.6 is 0 Å². The third-order valence-corrected chi connectivity index (χ3v) is 5.79. The summed E-state index contributed by atoms with van der Waals surface area (Å²) >= 11 is 0. The minimum Gasteiger partial charge on any atom is -0.330 e. The molecule has 0 spiro atoms. The molecule has 0 saturated carbocycles. The number of nitrogens with one attached hydrogen (secondary N) is 4. The zero-order chi connectivity index (χ0) is 16.2. The first-order chi connectivity index (χ1) is 11.9. The molecule has 4 rings (SSSR count). The third kappa shape index (κ3) is 3.81. The zero-order valence-electron chi connectivity index (χ0n) is 14.7. The minimum atomic E-state index is 0.0454. The van der Waals surface area contributed by atoms with E-state index in [1.165, 1.54) is 57.8 Å². The highest BCUT2D eigenvalue weighted by Gasteiger charge is 2.32. The topological polar surface area (TPSA) is 72.8 Å². The van der Waals surface area contributed by atoms with Gasteiger partial charge in [-0.25, -0.2) is 9.98 Å². The zero-order valence-corrected chi connectivity index (χ0v) is 14.7. The Morgan fingerprint density at radius 1 is 0.625 bits per heavy atom. The largest absolute Gasteiger partial charge is 0.330 e. The van der Waals surface area contributed by atoms with Crippen LogP contribution in [0.2, 0.25) is 0 Å². The van der Waals surface area contributed by atoms with Crippen LogP contribution in [-0.2, 0) is 0 Å². The second kappa shape index (κ2) is 7.93. The fourth-order valence-electron chi connectivity index (χ4n) is 4.35. The second-order valence-electron chi connectivity index (χ2n) is 7.63. The van der Waals surface area contributed by atoms with Gasteiger partial charge in [-0.3, -0.25) is 0 Å². The number of nitrogens with zero attached hydrogens (tertiary/aromatic N) is 2. The van der Waals surface area contributed by atoms with E-state index in [1.807, 2.05) is 0 Å². The van der Waals surface area contributed by atoms with Crippen molar-refractivity contribution in [3.8, 4) is 0 Å². The van der Waals surface area contributed by atoms with Crippen molar-refractivity contribution >= 4 is 11.7 Å². The Labute approximate surface area is 145 Å². The van der Waals surface area contributed by atoms with E-state index in [2.05, 4.69) is 21.3 Å². The average Bonchev–Trinajstić information content (AvgIpc) is 2.70. The quantitative estimate of drug-likeness (QED) is 0.625. The van der Waals surface area contributed by atoms with Crippen molar-refractivity contribution in [3.05, 3.63) is 0 Å². The molecule has 4 heterocycles. The van der Waals surface area contributed by atoms with Crippen LogP contribution in [0.25, 0.3) is 0 Å². The van der Waals surface area contributed by atoms with Gasteiger partial charge in [0, 0.05) is 6.04 Å². The molecule has 3 saturated heterocycles. The van der Waals surface area contributed by atoms with E-state index < -0.39 is 0 Å². The van der Waals surface area contributed by atoms with Gasteiger partial charge in [0.25, 0.3) is 0 Å². The molecule has 3 atom stereocenters. The summed E-state index contributed by atoms with van der Waals surface area (Å²) in [6, 6.07) is 1.15. The lowest BCUT2D eigenvalue weighted by atomic mass is 9.99. The van der Waals surface area contributed by atoms with Crippen molar-refractivity contribution in [3.63, 3.8) is 0 Å². The lowest BCUT2D eigenvalue weighted by molar-refractivity contribution is 0.349. The molecule has 0 amide bonds. The number of amidine groups is 2. The Kier molecular flexibility index (Phi) is 5.45. The fourth-order valence-corrected chi connectivity index (χ4v) is 4.35. The smallest absolute Gasteiger partial charge is 0.158 e. The average molecular weight is 332 g/mol. The Hall–Kier alpha value is -0.980. The number of piperidine rings is 3. The maximum absolute atomic E-state index is 5.04. The molecular weight excluding hydrogens is 300 g/mol. The molecule has 4 aliphatic rings. The highest BCUT2D eigenvalue weighted by molar-refractivity contribution is 6.06. The number of rotatable bonds is 3. The first kappa shape index (κ1) is 16.5. The molecule has 4 aliphatic heterocycles. The van der Waals surface area contributed by atoms with Crippen LogP contribution < -0.4 is 21.3 Å². The Balaban J connectivity index is 1.53.